The number of aliphatic hydroxyl groups excluding tert-OH is 1. The van der Waals surface area contributed by atoms with Gasteiger partial charge in [-0.05, 0) is 46.3 Å². The zero-order valence-electron chi connectivity index (χ0n) is 14.3. The number of hydrogen-bond donors (Lipinski definition) is 3. The minimum absolute atomic E-state index is 0.101. The van der Waals surface area contributed by atoms with Crippen molar-refractivity contribution in [3.05, 3.63) is 58.8 Å². The fourth-order valence-electron chi connectivity index (χ4n) is 2.36. The van der Waals surface area contributed by atoms with Crippen LogP contribution < -0.4 is 10.6 Å². The average Bonchev–Trinajstić information content (AvgIpc) is 2.67. The first-order chi connectivity index (χ1) is 13.4. The molecule has 1 aromatic carbocycles. The zero-order chi connectivity index (χ0) is 20.1. The van der Waals surface area contributed by atoms with E-state index < -0.39 is 11.7 Å². The van der Waals surface area contributed by atoms with E-state index in [-0.39, 0.29) is 23.6 Å². The quantitative estimate of drug-likeness (QED) is 0.510. The molecule has 6 nitrogen and oxygen atoms in total. The lowest BCUT2D eigenvalue weighted by Gasteiger charge is -2.13. The Morgan fingerprint density at radius 2 is 1.79 bits per heavy atom. The molecule has 0 spiro atoms. The van der Waals surface area contributed by atoms with E-state index in [0.29, 0.717) is 17.2 Å². The summed E-state index contributed by atoms with van der Waals surface area (Å²) in [6.45, 7) is 0.152. The number of rotatable bonds is 6. The van der Waals surface area contributed by atoms with Crippen molar-refractivity contribution in [3.8, 4) is 11.3 Å². The van der Waals surface area contributed by atoms with E-state index in [0.717, 1.165) is 17.7 Å². The highest BCUT2D eigenvalue weighted by Crippen LogP contribution is 2.35. The van der Waals surface area contributed by atoms with Gasteiger partial charge in [-0.3, -0.25) is 4.98 Å². The lowest BCUT2D eigenvalue weighted by molar-refractivity contribution is -0.137. The van der Waals surface area contributed by atoms with Gasteiger partial charge in [-0.15, -0.1) is 0 Å². The van der Waals surface area contributed by atoms with Gasteiger partial charge in [-0.1, -0.05) is 0 Å². The van der Waals surface area contributed by atoms with Gasteiger partial charge in [0.05, 0.1) is 23.6 Å². The highest BCUT2D eigenvalue weighted by Gasteiger charge is 2.30. The van der Waals surface area contributed by atoms with Crippen molar-refractivity contribution in [2.75, 3.05) is 23.8 Å². The number of anilines is 3. The molecule has 3 rings (SSSR count). The molecule has 0 saturated carbocycles. The van der Waals surface area contributed by atoms with Gasteiger partial charge >= 0.3 is 6.18 Å². The molecule has 0 radical (unpaired) electrons. The van der Waals surface area contributed by atoms with Gasteiger partial charge in [0.1, 0.15) is 5.82 Å². The van der Waals surface area contributed by atoms with Crippen molar-refractivity contribution in [3.63, 3.8) is 0 Å². The summed E-state index contributed by atoms with van der Waals surface area (Å²) in [6.07, 6.45) is -1.18. The van der Waals surface area contributed by atoms with Crippen LogP contribution in [0.1, 0.15) is 5.56 Å². The number of nitrogens with zero attached hydrogens (tertiary/aromatic N) is 3. The van der Waals surface area contributed by atoms with Crippen LogP contribution in [0.15, 0.2) is 53.3 Å². The molecule has 0 amide bonds. The highest BCUT2D eigenvalue weighted by molar-refractivity contribution is 9.10. The summed E-state index contributed by atoms with van der Waals surface area (Å²) in [5.74, 6) is 0.650. The molecule has 3 N–H and O–H groups in total. The van der Waals surface area contributed by atoms with Crippen LogP contribution in [0, 0.1) is 0 Å². The highest BCUT2D eigenvalue weighted by atomic mass is 79.9. The predicted octanol–water partition coefficient (Wildman–Crippen LogP) is 4.47. The van der Waals surface area contributed by atoms with Gasteiger partial charge in [0, 0.05) is 35.0 Å². The van der Waals surface area contributed by atoms with Crippen LogP contribution in [0.25, 0.3) is 11.3 Å². The standard InChI is InChI=1S/C18H15BrF3N5O/c19-13-9-12(18(20,21)22)1-2-14(13)25-16-10-15(11-3-5-23-6-4-11)26-17(27-16)24-7-8-28/h1-6,9-10,28H,7-8H2,(H2,24,25,26,27). The second-order valence-corrected chi connectivity index (χ2v) is 6.52. The first kappa shape index (κ1) is 20.0. The van der Waals surface area contributed by atoms with Gasteiger partial charge in [0.2, 0.25) is 5.95 Å². The van der Waals surface area contributed by atoms with Crippen LogP contribution in [-0.2, 0) is 6.18 Å². The van der Waals surface area contributed by atoms with E-state index in [9.17, 15) is 13.2 Å². The van der Waals surface area contributed by atoms with Gasteiger partial charge in [0.15, 0.2) is 0 Å². The maximum absolute atomic E-state index is 12.8. The van der Waals surface area contributed by atoms with E-state index in [1.165, 1.54) is 6.07 Å². The van der Waals surface area contributed by atoms with Crippen LogP contribution in [0.4, 0.5) is 30.6 Å². The summed E-state index contributed by atoms with van der Waals surface area (Å²) in [7, 11) is 0. The molecule has 2 aromatic heterocycles. The van der Waals surface area contributed by atoms with Crippen LogP contribution in [0.3, 0.4) is 0 Å². The number of hydrogen-bond acceptors (Lipinski definition) is 6. The van der Waals surface area contributed by atoms with E-state index in [2.05, 4.69) is 41.5 Å². The molecule has 10 heteroatoms. The summed E-state index contributed by atoms with van der Waals surface area (Å²) >= 11 is 3.16. The third-order valence-corrected chi connectivity index (χ3v) is 4.31. The summed E-state index contributed by atoms with van der Waals surface area (Å²) < 4.78 is 38.8. The van der Waals surface area contributed by atoms with Crippen molar-refractivity contribution < 1.29 is 18.3 Å². The summed E-state index contributed by atoms with van der Waals surface area (Å²) in [5.41, 5.74) is 1.04. The number of benzene rings is 1. The molecule has 146 valence electrons. The zero-order valence-corrected chi connectivity index (χ0v) is 15.9. The fraction of sp³-hybridized carbons (Fsp3) is 0.167. The fourth-order valence-corrected chi connectivity index (χ4v) is 2.84. The molecule has 0 saturated heterocycles. The van der Waals surface area contributed by atoms with Gasteiger partial charge in [0.25, 0.3) is 0 Å². The number of nitrogens with one attached hydrogen (secondary N) is 2. The number of aromatic nitrogens is 3. The molecule has 0 fully saturated rings. The van der Waals surface area contributed by atoms with E-state index >= 15 is 0 Å². The smallest absolute Gasteiger partial charge is 0.395 e. The molecule has 0 bridgehead atoms. The Labute approximate surface area is 167 Å². The minimum Gasteiger partial charge on any atom is -0.395 e. The summed E-state index contributed by atoms with van der Waals surface area (Å²) in [5, 5.41) is 14.9. The van der Waals surface area contributed by atoms with Gasteiger partial charge in [-0.2, -0.15) is 18.2 Å². The van der Waals surface area contributed by atoms with Crippen LogP contribution in [-0.4, -0.2) is 33.2 Å². The number of halogens is 4. The maximum atomic E-state index is 12.8. The average molecular weight is 454 g/mol. The van der Waals surface area contributed by atoms with E-state index in [1.807, 2.05) is 0 Å². The largest absolute Gasteiger partial charge is 0.416 e. The molecule has 2 heterocycles. The van der Waals surface area contributed by atoms with Crippen molar-refractivity contribution in [1.82, 2.24) is 15.0 Å². The number of pyridine rings is 1. The molecule has 0 aliphatic rings. The molecule has 0 atom stereocenters. The Morgan fingerprint density at radius 1 is 1.04 bits per heavy atom. The molecule has 0 aliphatic carbocycles. The SMILES string of the molecule is OCCNc1nc(Nc2ccc(C(F)(F)F)cc2Br)cc(-c2ccncc2)n1. The van der Waals surface area contributed by atoms with Crippen LogP contribution >= 0.6 is 15.9 Å². The monoisotopic (exact) mass is 453 g/mol. The second kappa shape index (κ2) is 8.53. The third kappa shape index (κ3) is 4.96. The number of aliphatic hydroxyl groups is 1. The van der Waals surface area contributed by atoms with Crippen LogP contribution in [0.2, 0.25) is 0 Å². The molecule has 0 aliphatic heterocycles. The molecule has 0 unspecified atom stereocenters. The number of alkyl halides is 3. The Kier molecular flexibility index (Phi) is 6.10. The Balaban J connectivity index is 1.95. The maximum Gasteiger partial charge on any atom is 0.416 e. The first-order valence-electron chi connectivity index (χ1n) is 8.15. The molecular weight excluding hydrogens is 439 g/mol. The topological polar surface area (TPSA) is 83.0 Å². The molecule has 28 heavy (non-hydrogen) atoms. The first-order valence-corrected chi connectivity index (χ1v) is 8.94. The Hall–Kier alpha value is -2.72. The van der Waals surface area contributed by atoms with Crippen molar-refractivity contribution >= 4 is 33.4 Å². The lowest BCUT2D eigenvalue weighted by atomic mass is 10.2. The van der Waals surface area contributed by atoms with Crippen molar-refractivity contribution in [1.29, 1.82) is 0 Å². The Morgan fingerprint density at radius 3 is 2.43 bits per heavy atom. The van der Waals surface area contributed by atoms with E-state index in [1.54, 1.807) is 30.6 Å². The Bertz CT molecular complexity index is 954. The van der Waals surface area contributed by atoms with Crippen LogP contribution in [0.5, 0.6) is 0 Å². The van der Waals surface area contributed by atoms with E-state index in [4.69, 9.17) is 5.11 Å². The normalized spacial score (nSPS) is 11.3. The van der Waals surface area contributed by atoms with Gasteiger partial charge in [-0.25, -0.2) is 4.98 Å². The van der Waals surface area contributed by atoms with Crippen molar-refractivity contribution in [2.24, 2.45) is 0 Å². The molecule has 3 aromatic rings. The predicted molar refractivity (Wildman–Crippen MR) is 103 cm³/mol. The third-order valence-electron chi connectivity index (χ3n) is 3.66. The lowest BCUT2D eigenvalue weighted by Crippen LogP contribution is -2.10. The van der Waals surface area contributed by atoms with Gasteiger partial charge < -0.3 is 15.7 Å². The second-order valence-electron chi connectivity index (χ2n) is 5.67. The molecular formula is C18H15BrF3N5O. The minimum atomic E-state index is -4.42. The summed E-state index contributed by atoms with van der Waals surface area (Å²) in [4.78, 5) is 12.7. The summed E-state index contributed by atoms with van der Waals surface area (Å²) in [6, 6.07) is 8.53. The van der Waals surface area contributed by atoms with Crippen molar-refractivity contribution in [2.45, 2.75) is 6.18 Å².